The van der Waals surface area contributed by atoms with E-state index >= 15 is 0 Å². The second-order valence-corrected chi connectivity index (χ2v) is 8.96. The SMILES string of the molecule is C\C=C/C(=C\C(C)=C\CC)c1ccc(CNc2ncnc(N3CCc4ncccc4C3)c2C)cc1. The van der Waals surface area contributed by atoms with Gasteiger partial charge in [-0.3, -0.25) is 4.98 Å². The van der Waals surface area contributed by atoms with Gasteiger partial charge >= 0.3 is 0 Å². The highest BCUT2D eigenvalue weighted by Crippen LogP contribution is 2.27. The molecule has 1 aromatic carbocycles. The fraction of sp³-hybridized carbons (Fsp3) is 0.300. The summed E-state index contributed by atoms with van der Waals surface area (Å²) in [6.45, 7) is 10.9. The molecule has 4 rings (SSSR count). The van der Waals surface area contributed by atoms with Crippen LogP contribution < -0.4 is 10.2 Å². The molecule has 5 heteroatoms. The van der Waals surface area contributed by atoms with Crippen molar-refractivity contribution >= 4 is 17.2 Å². The Kier molecular flexibility index (Phi) is 8.09. The molecule has 3 heterocycles. The first kappa shape index (κ1) is 24.4. The molecule has 1 aliphatic rings. The van der Waals surface area contributed by atoms with Crippen molar-refractivity contribution in [3.8, 4) is 0 Å². The summed E-state index contributed by atoms with van der Waals surface area (Å²) in [6, 6.07) is 12.9. The van der Waals surface area contributed by atoms with Gasteiger partial charge in [0.25, 0.3) is 0 Å². The molecule has 0 spiro atoms. The van der Waals surface area contributed by atoms with E-state index in [9.17, 15) is 0 Å². The average molecular weight is 466 g/mol. The molecular weight excluding hydrogens is 430 g/mol. The third-order valence-electron chi connectivity index (χ3n) is 6.32. The maximum absolute atomic E-state index is 4.61. The van der Waals surface area contributed by atoms with Gasteiger partial charge in [-0.1, -0.05) is 67.1 Å². The Morgan fingerprint density at radius 2 is 1.94 bits per heavy atom. The Morgan fingerprint density at radius 1 is 1.11 bits per heavy atom. The first-order valence-corrected chi connectivity index (χ1v) is 12.4. The lowest BCUT2D eigenvalue weighted by molar-refractivity contribution is 0.699. The summed E-state index contributed by atoms with van der Waals surface area (Å²) >= 11 is 0. The minimum atomic E-state index is 0.710. The monoisotopic (exact) mass is 465 g/mol. The van der Waals surface area contributed by atoms with Crippen molar-refractivity contribution < 1.29 is 0 Å². The Hall–Kier alpha value is -3.73. The van der Waals surface area contributed by atoms with Gasteiger partial charge in [0.2, 0.25) is 0 Å². The smallest absolute Gasteiger partial charge is 0.137 e. The minimum absolute atomic E-state index is 0.710. The molecule has 5 nitrogen and oxygen atoms in total. The van der Waals surface area contributed by atoms with E-state index in [0.29, 0.717) is 6.54 Å². The molecule has 35 heavy (non-hydrogen) atoms. The van der Waals surface area contributed by atoms with Crippen molar-refractivity contribution in [1.29, 1.82) is 0 Å². The summed E-state index contributed by atoms with van der Waals surface area (Å²) in [5.41, 5.74) is 8.49. The summed E-state index contributed by atoms with van der Waals surface area (Å²) in [5.74, 6) is 1.87. The molecule has 2 aromatic heterocycles. The number of aromatic nitrogens is 3. The van der Waals surface area contributed by atoms with E-state index in [2.05, 4.69) is 107 Å². The average Bonchev–Trinajstić information content (AvgIpc) is 2.88. The van der Waals surface area contributed by atoms with E-state index < -0.39 is 0 Å². The number of nitrogens with zero attached hydrogens (tertiary/aromatic N) is 4. The highest BCUT2D eigenvalue weighted by atomic mass is 15.2. The molecule has 0 aliphatic carbocycles. The third kappa shape index (κ3) is 6.04. The molecular formula is C30H35N5. The number of rotatable bonds is 8. The van der Waals surface area contributed by atoms with Crippen molar-refractivity contribution in [1.82, 2.24) is 15.0 Å². The van der Waals surface area contributed by atoms with Crippen molar-refractivity contribution in [3.63, 3.8) is 0 Å². The molecule has 1 aliphatic heterocycles. The van der Waals surface area contributed by atoms with E-state index in [1.54, 1.807) is 6.33 Å². The quantitative estimate of drug-likeness (QED) is 0.377. The van der Waals surface area contributed by atoms with E-state index in [0.717, 1.165) is 43.1 Å². The molecule has 0 radical (unpaired) electrons. The molecule has 3 aromatic rings. The van der Waals surface area contributed by atoms with Gasteiger partial charge in [0.15, 0.2) is 0 Å². The fourth-order valence-corrected chi connectivity index (χ4v) is 4.52. The molecule has 0 saturated heterocycles. The summed E-state index contributed by atoms with van der Waals surface area (Å²) in [5, 5.41) is 3.52. The van der Waals surface area contributed by atoms with Crippen molar-refractivity contribution in [2.24, 2.45) is 0 Å². The van der Waals surface area contributed by atoms with Gasteiger partial charge in [0.1, 0.15) is 18.0 Å². The third-order valence-corrected chi connectivity index (χ3v) is 6.32. The number of hydrogen-bond donors (Lipinski definition) is 1. The van der Waals surface area contributed by atoms with Crippen LogP contribution >= 0.6 is 0 Å². The highest BCUT2D eigenvalue weighted by molar-refractivity contribution is 5.76. The van der Waals surface area contributed by atoms with Crippen LogP contribution in [0, 0.1) is 6.92 Å². The predicted octanol–water partition coefficient (Wildman–Crippen LogP) is 6.67. The van der Waals surface area contributed by atoms with Gasteiger partial charge in [-0.25, -0.2) is 9.97 Å². The zero-order chi connectivity index (χ0) is 24.6. The van der Waals surface area contributed by atoms with E-state index in [1.807, 2.05) is 12.3 Å². The standard InChI is InChI=1S/C30H35N5/c1-5-8-22(3)18-26(9-6-2)25-13-11-24(12-14-25)19-32-29-23(4)30(34-21-33-29)35-17-15-28-27(20-35)10-7-16-31-28/h6-14,16,18,21H,5,15,17,19-20H2,1-4H3,(H,32,33,34)/b9-6-,22-8+,26-18+. The van der Waals surface area contributed by atoms with Crippen molar-refractivity contribution in [2.75, 3.05) is 16.8 Å². The van der Waals surface area contributed by atoms with Crippen LogP contribution in [0.3, 0.4) is 0 Å². The van der Waals surface area contributed by atoms with Crippen LogP contribution in [0.5, 0.6) is 0 Å². The largest absolute Gasteiger partial charge is 0.366 e. The molecule has 0 amide bonds. The van der Waals surface area contributed by atoms with E-state index in [-0.39, 0.29) is 0 Å². The maximum atomic E-state index is 4.61. The van der Waals surface area contributed by atoms with E-state index in [4.69, 9.17) is 0 Å². The number of nitrogens with one attached hydrogen (secondary N) is 1. The second-order valence-electron chi connectivity index (χ2n) is 8.96. The summed E-state index contributed by atoms with van der Waals surface area (Å²) in [6.07, 6.45) is 14.3. The lowest BCUT2D eigenvalue weighted by atomic mass is 10.0. The van der Waals surface area contributed by atoms with Crippen LogP contribution in [-0.4, -0.2) is 21.5 Å². The first-order chi connectivity index (χ1) is 17.1. The normalized spacial score (nSPS) is 14.3. The van der Waals surface area contributed by atoms with Gasteiger partial charge in [-0.2, -0.15) is 0 Å². The van der Waals surface area contributed by atoms with Gasteiger partial charge in [0, 0.05) is 43.5 Å². The maximum Gasteiger partial charge on any atom is 0.137 e. The molecule has 0 fully saturated rings. The predicted molar refractivity (Wildman–Crippen MR) is 146 cm³/mol. The van der Waals surface area contributed by atoms with Gasteiger partial charge < -0.3 is 10.2 Å². The lowest BCUT2D eigenvalue weighted by Crippen LogP contribution is -2.32. The number of benzene rings is 1. The Morgan fingerprint density at radius 3 is 2.71 bits per heavy atom. The van der Waals surface area contributed by atoms with Gasteiger partial charge in [-0.15, -0.1) is 0 Å². The molecule has 0 saturated carbocycles. The number of pyridine rings is 1. The molecule has 1 N–H and O–H groups in total. The molecule has 0 bridgehead atoms. The zero-order valence-corrected chi connectivity index (χ0v) is 21.3. The van der Waals surface area contributed by atoms with E-state index in [1.165, 1.54) is 33.5 Å². The molecule has 0 atom stereocenters. The number of fused-ring (bicyclic) bond motifs is 1. The zero-order valence-electron chi connectivity index (χ0n) is 21.3. The van der Waals surface area contributed by atoms with Gasteiger partial charge in [0.05, 0.1) is 0 Å². The number of hydrogen-bond acceptors (Lipinski definition) is 5. The van der Waals surface area contributed by atoms with Crippen molar-refractivity contribution in [2.45, 2.75) is 53.6 Å². The van der Waals surface area contributed by atoms with Crippen LogP contribution in [-0.2, 0) is 19.5 Å². The second kappa shape index (κ2) is 11.6. The first-order valence-electron chi connectivity index (χ1n) is 12.4. The molecule has 180 valence electrons. The Bertz CT molecular complexity index is 1240. The summed E-state index contributed by atoms with van der Waals surface area (Å²) in [7, 11) is 0. The lowest BCUT2D eigenvalue weighted by Gasteiger charge is -2.30. The summed E-state index contributed by atoms with van der Waals surface area (Å²) in [4.78, 5) is 16.0. The van der Waals surface area contributed by atoms with Crippen LogP contribution in [0.4, 0.5) is 11.6 Å². The summed E-state index contributed by atoms with van der Waals surface area (Å²) < 4.78 is 0. The number of allylic oxidation sites excluding steroid dienone is 6. The fourth-order valence-electron chi connectivity index (χ4n) is 4.52. The van der Waals surface area contributed by atoms with Crippen molar-refractivity contribution in [3.05, 3.63) is 107 Å². The van der Waals surface area contributed by atoms with Crippen LogP contribution in [0.15, 0.2) is 78.8 Å². The van der Waals surface area contributed by atoms with Crippen LogP contribution in [0.2, 0.25) is 0 Å². The topological polar surface area (TPSA) is 53.9 Å². The number of anilines is 2. The molecule has 0 unspecified atom stereocenters. The minimum Gasteiger partial charge on any atom is -0.366 e. The van der Waals surface area contributed by atoms with Gasteiger partial charge in [-0.05, 0) is 55.5 Å². The van der Waals surface area contributed by atoms with Crippen LogP contribution in [0.25, 0.3) is 5.57 Å². The van der Waals surface area contributed by atoms with Crippen LogP contribution in [0.1, 0.15) is 55.1 Å². The Balaban J connectivity index is 1.45. The Labute approximate surface area is 209 Å². The highest BCUT2D eigenvalue weighted by Gasteiger charge is 2.20.